The number of aromatic nitrogens is 3. The summed E-state index contributed by atoms with van der Waals surface area (Å²) in [6, 6.07) is 20.9. The Bertz CT molecular complexity index is 1320. The summed E-state index contributed by atoms with van der Waals surface area (Å²) in [7, 11) is 1.65. The fraction of sp³-hybridized carbons (Fsp3) is 0.120. The zero-order valence-corrected chi connectivity index (χ0v) is 16.8. The van der Waals surface area contributed by atoms with Gasteiger partial charge in [-0.05, 0) is 42.8 Å². The van der Waals surface area contributed by atoms with Crippen LogP contribution in [-0.2, 0) is 6.54 Å². The first-order valence-corrected chi connectivity index (χ1v) is 9.77. The van der Waals surface area contributed by atoms with Gasteiger partial charge in [0, 0.05) is 29.3 Å². The van der Waals surface area contributed by atoms with E-state index in [9.17, 15) is 4.39 Å². The maximum Gasteiger partial charge on any atom is 0.123 e. The van der Waals surface area contributed by atoms with Gasteiger partial charge in [-0.2, -0.15) is 0 Å². The molecule has 3 aromatic rings. The van der Waals surface area contributed by atoms with Gasteiger partial charge in [0.2, 0.25) is 0 Å². The Kier molecular flexibility index (Phi) is 4.43. The molecule has 0 aromatic heterocycles. The summed E-state index contributed by atoms with van der Waals surface area (Å²) in [6.07, 6.45) is 2.06. The minimum atomic E-state index is -0.239. The molecule has 0 aliphatic carbocycles. The lowest BCUT2D eigenvalue weighted by Gasteiger charge is -2.16. The minimum absolute atomic E-state index is 0.239. The van der Waals surface area contributed by atoms with Crippen molar-refractivity contribution in [2.24, 2.45) is 0 Å². The molecule has 2 aliphatic rings. The molecule has 2 aliphatic heterocycles. The van der Waals surface area contributed by atoms with Crippen LogP contribution in [0.25, 0.3) is 33.4 Å². The molecule has 0 saturated heterocycles. The third-order valence-corrected chi connectivity index (χ3v) is 5.38. The second-order valence-corrected chi connectivity index (χ2v) is 7.45. The summed E-state index contributed by atoms with van der Waals surface area (Å²) in [4.78, 5) is 0. The second kappa shape index (κ2) is 7.26. The number of rotatable bonds is 4. The van der Waals surface area contributed by atoms with E-state index in [1.807, 2.05) is 24.3 Å². The zero-order valence-electron chi connectivity index (χ0n) is 16.8. The van der Waals surface area contributed by atoms with E-state index in [4.69, 9.17) is 4.74 Å². The van der Waals surface area contributed by atoms with Gasteiger partial charge in [0.15, 0.2) is 0 Å². The van der Waals surface area contributed by atoms with E-state index < -0.39 is 0 Å². The Hall–Kier alpha value is -3.73. The number of pyridine rings is 1. The number of hydrogen-bond donors (Lipinski definition) is 0. The molecule has 0 bridgehead atoms. The van der Waals surface area contributed by atoms with Crippen LogP contribution in [0, 0.1) is 12.7 Å². The minimum Gasteiger partial charge on any atom is -0.497 e. The van der Waals surface area contributed by atoms with Gasteiger partial charge in [-0.3, -0.25) is 0 Å². The number of halogens is 1. The summed E-state index contributed by atoms with van der Waals surface area (Å²) >= 11 is 0. The van der Waals surface area contributed by atoms with Crippen molar-refractivity contribution >= 4 is 10.9 Å². The van der Waals surface area contributed by atoms with Crippen molar-refractivity contribution in [2.75, 3.05) is 7.11 Å². The van der Waals surface area contributed by atoms with Crippen LogP contribution in [0.1, 0.15) is 11.1 Å². The zero-order chi connectivity index (χ0) is 20.7. The highest BCUT2D eigenvalue weighted by atomic mass is 19.1. The van der Waals surface area contributed by atoms with Crippen LogP contribution in [0.3, 0.4) is 0 Å². The number of aryl methyl sites for hydroxylation is 1. The van der Waals surface area contributed by atoms with Crippen LogP contribution >= 0.6 is 0 Å². The standard InChI is InChI=1S/C25H20FN3O/c1-16-6-8-18(9-7-16)24-22-15-29(14-17-4-3-5-19(26)12-17)23-11-10-20(30-2)13-21(23)25(22)28-27-24/h3-13,15H,14H2,1-2H3. The smallest absolute Gasteiger partial charge is 0.123 e. The van der Waals surface area contributed by atoms with Gasteiger partial charge in [0.05, 0.1) is 12.6 Å². The summed E-state index contributed by atoms with van der Waals surface area (Å²) in [6.45, 7) is 2.60. The maximum atomic E-state index is 13.8. The van der Waals surface area contributed by atoms with Crippen LogP contribution < -0.4 is 4.74 Å². The molecule has 30 heavy (non-hydrogen) atoms. The molecule has 5 heteroatoms. The van der Waals surface area contributed by atoms with E-state index in [0.717, 1.165) is 44.7 Å². The SMILES string of the molecule is COc1ccc2c(c1)c1nnc(-c3ccc(C)cc3)c-1cn2Cc1cccc(F)c1. The quantitative estimate of drug-likeness (QED) is 0.390. The van der Waals surface area contributed by atoms with Gasteiger partial charge in [-0.25, -0.2) is 4.39 Å². The number of nitrogens with zero attached hydrogens (tertiary/aromatic N) is 3. The third-order valence-electron chi connectivity index (χ3n) is 5.38. The van der Waals surface area contributed by atoms with Gasteiger partial charge in [0.25, 0.3) is 0 Å². The highest BCUT2D eigenvalue weighted by Gasteiger charge is 2.20. The highest BCUT2D eigenvalue weighted by Crippen LogP contribution is 2.38. The molecule has 0 amide bonds. The molecule has 3 aromatic carbocycles. The monoisotopic (exact) mass is 397 g/mol. The van der Waals surface area contributed by atoms with Crippen LogP contribution in [0.2, 0.25) is 0 Å². The van der Waals surface area contributed by atoms with Crippen molar-refractivity contribution in [1.82, 2.24) is 14.8 Å². The van der Waals surface area contributed by atoms with Crippen molar-refractivity contribution in [3.8, 4) is 28.3 Å². The van der Waals surface area contributed by atoms with E-state index in [1.165, 1.54) is 11.6 Å². The fourth-order valence-corrected chi connectivity index (χ4v) is 3.84. The molecule has 0 radical (unpaired) electrons. The van der Waals surface area contributed by atoms with Gasteiger partial charge in [-0.1, -0.05) is 42.0 Å². The molecule has 2 heterocycles. The Balaban J connectivity index is 1.74. The second-order valence-electron chi connectivity index (χ2n) is 7.45. The molecule has 5 rings (SSSR count). The summed E-state index contributed by atoms with van der Waals surface area (Å²) in [5.74, 6) is 0.518. The van der Waals surface area contributed by atoms with Crippen LogP contribution in [-0.4, -0.2) is 21.9 Å². The normalized spacial score (nSPS) is 11.3. The summed E-state index contributed by atoms with van der Waals surface area (Å²) < 4.78 is 21.3. The van der Waals surface area contributed by atoms with E-state index in [1.54, 1.807) is 19.2 Å². The summed E-state index contributed by atoms with van der Waals surface area (Å²) in [5.41, 5.74) is 6.71. The number of fused-ring (bicyclic) bond motifs is 3. The molecular weight excluding hydrogens is 377 g/mol. The van der Waals surface area contributed by atoms with Crippen molar-refractivity contribution in [2.45, 2.75) is 13.5 Å². The molecular formula is C25H20FN3O. The first-order chi connectivity index (χ1) is 14.6. The Labute approximate surface area is 173 Å². The third kappa shape index (κ3) is 3.18. The topological polar surface area (TPSA) is 39.9 Å². The Morgan fingerprint density at radius 3 is 2.50 bits per heavy atom. The molecule has 0 N–H and O–H groups in total. The first kappa shape index (κ1) is 18.3. The number of methoxy groups -OCH3 is 1. The average Bonchev–Trinajstić information content (AvgIpc) is 3.18. The van der Waals surface area contributed by atoms with Crippen LogP contribution in [0.5, 0.6) is 5.75 Å². The molecule has 0 fully saturated rings. The van der Waals surface area contributed by atoms with E-state index in [0.29, 0.717) is 6.54 Å². The average molecular weight is 397 g/mol. The number of benzene rings is 3. The molecule has 148 valence electrons. The van der Waals surface area contributed by atoms with Gasteiger partial charge >= 0.3 is 0 Å². The predicted octanol–water partition coefficient (Wildman–Crippen LogP) is 5.71. The van der Waals surface area contributed by atoms with E-state index in [-0.39, 0.29) is 5.82 Å². The maximum absolute atomic E-state index is 13.8. The lowest BCUT2D eigenvalue weighted by atomic mass is 10.0. The summed E-state index contributed by atoms with van der Waals surface area (Å²) in [5, 5.41) is 9.96. The largest absolute Gasteiger partial charge is 0.497 e. The molecule has 0 saturated carbocycles. The van der Waals surface area contributed by atoms with Crippen molar-refractivity contribution in [3.63, 3.8) is 0 Å². The molecule has 0 unspecified atom stereocenters. The Morgan fingerprint density at radius 1 is 0.933 bits per heavy atom. The van der Waals surface area contributed by atoms with Crippen LogP contribution in [0.4, 0.5) is 4.39 Å². The van der Waals surface area contributed by atoms with Crippen molar-refractivity contribution in [3.05, 3.63) is 89.9 Å². The van der Waals surface area contributed by atoms with Crippen molar-refractivity contribution < 1.29 is 9.13 Å². The number of hydrogen-bond acceptors (Lipinski definition) is 3. The number of ether oxygens (including phenoxy) is 1. The Morgan fingerprint density at radius 2 is 1.73 bits per heavy atom. The highest BCUT2D eigenvalue weighted by molar-refractivity contribution is 5.98. The van der Waals surface area contributed by atoms with E-state index in [2.05, 4.69) is 52.2 Å². The fourth-order valence-electron chi connectivity index (χ4n) is 3.84. The van der Waals surface area contributed by atoms with Gasteiger partial charge in [0.1, 0.15) is 23.0 Å². The first-order valence-electron chi connectivity index (χ1n) is 9.77. The van der Waals surface area contributed by atoms with E-state index >= 15 is 0 Å². The predicted molar refractivity (Wildman–Crippen MR) is 116 cm³/mol. The van der Waals surface area contributed by atoms with Crippen molar-refractivity contribution in [1.29, 1.82) is 0 Å². The molecule has 0 atom stereocenters. The van der Waals surface area contributed by atoms with Gasteiger partial charge < -0.3 is 9.30 Å². The lowest BCUT2D eigenvalue weighted by molar-refractivity contribution is 0.415. The van der Waals surface area contributed by atoms with Crippen LogP contribution in [0.15, 0.2) is 72.9 Å². The molecule has 4 nitrogen and oxygen atoms in total. The van der Waals surface area contributed by atoms with Gasteiger partial charge in [-0.15, -0.1) is 10.2 Å². The molecule has 0 spiro atoms. The lowest BCUT2D eigenvalue weighted by Crippen LogP contribution is -2.04.